The fourth-order valence-electron chi connectivity index (χ4n) is 2.18. The number of anilines is 1. The maximum atomic E-state index is 13.7. The fraction of sp³-hybridized carbons (Fsp3) is 0.200. The summed E-state index contributed by atoms with van der Waals surface area (Å²) in [6.45, 7) is 0.808. The summed E-state index contributed by atoms with van der Waals surface area (Å²) >= 11 is 3.21. The van der Waals surface area contributed by atoms with E-state index in [9.17, 15) is 4.39 Å². The Labute approximate surface area is 129 Å². The van der Waals surface area contributed by atoms with Gasteiger partial charge in [-0.3, -0.25) is 0 Å². The molecule has 1 heterocycles. The number of halogens is 2. The van der Waals surface area contributed by atoms with Gasteiger partial charge in [-0.15, -0.1) is 0 Å². The van der Waals surface area contributed by atoms with Crippen LogP contribution in [0, 0.1) is 5.82 Å². The van der Waals surface area contributed by atoms with Gasteiger partial charge >= 0.3 is 0 Å². The van der Waals surface area contributed by atoms with Crippen molar-refractivity contribution in [1.82, 2.24) is 0 Å². The largest absolute Gasteiger partial charge is 0.486 e. The van der Waals surface area contributed by atoms with Gasteiger partial charge in [-0.2, -0.15) is 0 Å². The van der Waals surface area contributed by atoms with Crippen LogP contribution in [0.15, 0.2) is 34.8 Å². The predicted molar refractivity (Wildman–Crippen MR) is 79.6 cm³/mol. The van der Waals surface area contributed by atoms with Gasteiger partial charge in [-0.1, -0.05) is 15.9 Å². The van der Waals surface area contributed by atoms with Gasteiger partial charge in [-0.05, 0) is 30.3 Å². The highest BCUT2D eigenvalue weighted by Crippen LogP contribution is 2.32. The minimum Gasteiger partial charge on any atom is -0.486 e. The van der Waals surface area contributed by atoms with Gasteiger partial charge in [-0.25, -0.2) is 4.39 Å². The van der Waals surface area contributed by atoms with Crippen molar-refractivity contribution in [3.63, 3.8) is 0 Å². The SMILES string of the molecule is Nc1cc2c(c(COc3ccc(Br)cc3F)c1)OCOC2. The lowest BCUT2D eigenvalue weighted by Gasteiger charge is -2.21. The standard InChI is InChI=1S/C15H13BrFNO3/c16-11-1-2-14(13(17)5-11)20-7-10-4-12(18)3-9-6-19-8-21-15(9)10/h1-5H,6-8,18H2. The van der Waals surface area contributed by atoms with Crippen LogP contribution < -0.4 is 15.2 Å². The third kappa shape index (κ3) is 3.11. The first kappa shape index (κ1) is 14.2. The molecule has 3 rings (SSSR count). The van der Waals surface area contributed by atoms with E-state index in [4.69, 9.17) is 19.9 Å². The van der Waals surface area contributed by atoms with Gasteiger partial charge < -0.3 is 19.9 Å². The van der Waals surface area contributed by atoms with Crippen molar-refractivity contribution in [2.24, 2.45) is 0 Å². The Bertz CT molecular complexity index is 678. The molecule has 1 aliphatic heterocycles. The lowest BCUT2D eigenvalue weighted by Crippen LogP contribution is -2.14. The molecule has 2 aromatic carbocycles. The third-order valence-electron chi connectivity index (χ3n) is 3.09. The third-order valence-corrected chi connectivity index (χ3v) is 3.58. The smallest absolute Gasteiger partial charge is 0.189 e. The van der Waals surface area contributed by atoms with E-state index < -0.39 is 5.82 Å². The first-order chi connectivity index (χ1) is 10.1. The van der Waals surface area contributed by atoms with Crippen LogP contribution in [-0.4, -0.2) is 6.79 Å². The summed E-state index contributed by atoms with van der Waals surface area (Å²) in [5.74, 6) is 0.459. The molecular weight excluding hydrogens is 341 g/mol. The van der Waals surface area contributed by atoms with Crippen LogP contribution in [0.1, 0.15) is 11.1 Å². The monoisotopic (exact) mass is 353 g/mol. The Morgan fingerprint density at radius 2 is 2.14 bits per heavy atom. The Hall–Kier alpha value is -1.79. The number of fused-ring (bicyclic) bond motifs is 1. The molecule has 1 aliphatic rings. The van der Waals surface area contributed by atoms with E-state index in [0.29, 0.717) is 22.5 Å². The molecule has 2 N–H and O–H groups in total. The minimum atomic E-state index is -0.425. The summed E-state index contributed by atoms with van der Waals surface area (Å²) in [4.78, 5) is 0. The Kier molecular flexibility index (Phi) is 3.98. The quantitative estimate of drug-likeness (QED) is 0.856. The van der Waals surface area contributed by atoms with E-state index in [-0.39, 0.29) is 19.1 Å². The van der Waals surface area contributed by atoms with Crippen LogP contribution in [0.5, 0.6) is 11.5 Å². The van der Waals surface area contributed by atoms with Crippen LogP contribution in [0.4, 0.5) is 10.1 Å². The van der Waals surface area contributed by atoms with Gasteiger partial charge in [0.15, 0.2) is 18.4 Å². The zero-order chi connectivity index (χ0) is 14.8. The second-order valence-electron chi connectivity index (χ2n) is 4.64. The molecule has 6 heteroatoms. The molecule has 0 radical (unpaired) electrons. The zero-order valence-corrected chi connectivity index (χ0v) is 12.7. The molecule has 0 atom stereocenters. The van der Waals surface area contributed by atoms with Gasteiger partial charge in [0.1, 0.15) is 12.4 Å². The topological polar surface area (TPSA) is 53.7 Å². The molecule has 4 nitrogen and oxygen atoms in total. The lowest BCUT2D eigenvalue weighted by atomic mass is 10.1. The molecule has 0 spiro atoms. The normalized spacial score (nSPS) is 13.4. The number of hydrogen-bond acceptors (Lipinski definition) is 4. The van der Waals surface area contributed by atoms with Crippen molar-refractivity contribution in [2.45, 2.75) is 13.2 Å². The van der Waals surface area contributed by atoms with E-state index in [1.807, 2.05) is 0 Å². The molecule has 0 aliphatic carbocycles. The Morgan fingerprint density at radius 3 is 2.95 bits per heavy atom. The summed E-state index contributed by atoms with van der Waals surface area (Å²) in [6, 6.07) is 8.22. The predicted octanol–water partition coefficient (Wildman–Crippen LogP) is 3.62. The van der Waals surface area contributed by atoms with E-state index >= 15 is 0 Å². The summed E-state index contributed by atoms with van der Waals surface area (Å²) in [7, 11) is 0. The summed E-state index contributed by atoms with van der Waals surface area (Å²) in [5.41, 5.74) is 8.09. The van der Waals surface area contributed by atoms with E-state index in [2.05, 4.69) is 15.9 Å². The first-order valence-corrected chi connectivity index (χ1v) is 7.12. The summed E-state index contributed by atoms with van der Waals surface area (Å²) in [5, 5.41) is 0. The number of rotatable bonds is 3. The number of hydrogen-bond donors (Lipinski definition) is 1. The number of benzene rings is 2. The zero-order valence-electron chi connectivity index (χ0n) is 11.1. The molecule has 0 fully saturated rings. The van der Waals surface area contributed by atoms with Crippen molar-refractivity contribution in [3.05, 3.63) is 51.7 Å². The van der Waals surface area contributed by atoms with Gasteiger partial charge in [0, 0.05) is 21.3 Å². The van der Waals surface area contributed by atoms with Gasteiger partial charge in [0.2, 0.25) is 0 Å². The summed E-state index contributed by atoms with van der Waals surface area (Å²) in [6.07, 6.45) is 0. The number of nitrogen functional groups attached to an aromatic ring is 1. The van der Waals surface area contributed by atoms with E-state index in [0.717, 1.165) is 11.1 Å². The van der Waals surface area contributed by atoms with Crippen molar-refractivity contribution in [3.8, 4) is 11.5 Å². The number of nitrogens with two attached hydrogens (primary N) is 1. The molecule has 0 amide bonds. The van der Waals surface area contributed by atoms with Crippen molar-refractivity contribution in [2.75, 3.05) is 12.5 Å². The van der Waals surface area contributed by atoms with Crippen LogP contribution >= 0.6 is 15.9 Å². The average molecular weight is 354 g/mol. The maximum Gasteiger partial charge on any atom is 0.189 e. The second kappa shape index (κ2) is 5.91. The van der Waals surface area contributed by atoms with Crippen LogP contribution in [0.2, 0.25) is 0 Å². The maximum absolute atomic E-state index is 13.7. The molecule has 0 aromatic heterocycles. The first-order valence-electron chi connectivity index (χ1n) is 6.33. The molecule has 0 saturated carbocycles. The number of ether oxygens (including phenoxy) is 3. The molecule has 0 unspecified atom stereocenters. The highest BCUT2D eigenvalue weighted by molar-refractivity contribution is 9.10. The molecule has 0 saturated heterocycles. The van der Waals surface area contributed by atoms with Gasteiger partial charge in [0.05, 0.1) is 6.61 Å². The molecule has 2 aromatic rings. The highest BCUT2D eigenvalue weighted by atomic mass is 79.9. The fourth-order valence-corrected chi connectivity index (χ4v) is 2.51. The highest BCUT2D eigenvalue weighted by Gasteiger charge is 2.17. The second-order valence-corrected chi connectivity index (χ2v) is 5.56. The van der Waals surface area contributed by atoms with Crippen LogP contribution in [0.3, 0.4) is 0 Å². The molecule has 21 heavy (non-hydrogen) atoms. The van der Waals surface area contributed by atoms with E-state index in [1.54, 1.807) is 24.3 Å². The van der Waals surface area contributed by atoms with Crippen molar-refractivity contribution < 1.29 is 18.6 Å². The lowest BCUT2D eigenvalue weighted by molar-refractivity contribution is -0.0175. The van der Waals surface area contributed by atoms with Gasteiger partial charge in [0.25, 0.3) is 0 Å². The van der Waals surface area contributed by atoms with Crippen molar-refractivity contribution in [1.29, 1.82) is 0 Å². The summed E-state index contributed by atoms with van der Waals surface area (Å²) < 4.78 is 30.6. The Morgan fingerprint density at radius 1 is 1.29 bits per heavy atom. The Balaban J connectivity index is 1.83. The van der Waals surface area contributed by atoms with E-state index in [1.165, 1.54) is 6.07 Å². The molecule has 110 valence electrons. The molecular formula is C15H13BrFNO3. The van der Waals surface area contributed by atoms with Crippen LogP contribution in [-0.2, 0) is 18.0 Å². The van der Waals surface area contributed by atoms with Crippen LogP contribution in [0.25, 0.3) is 0 Å². The van der Waals surface area contributed by atoms with Crippen molar-refractivity contribution >= 4 is 21.6 Å². The average Bonchev–Trinajstić information content (AvgIpc) is 2.46. The molecule has 0 bridgehead atoms. The minimum absolute atomic E-state index is 0.173.